The van der Waals surface area contributed by atoms with Gasteiger partial charge in [0.2, 0.25) is 0 Å². The van der Waals surface area contributed by atoms with E-state index in [2.05, 4.69) is 26.6 Å². The molecule has 0 saturated carbocycles. The summed E-state index contributed by atoms with van der Waals surface area (Å²) >= 11 is 3.31. The zero-order valence-corrected chi connectivity index (χ0v) is 16.9. The number of nitrogens with zero attached hydrogens (tertiary/aromatic N) is 1. The molecule has 2 N–H and O–H groups in total. The Labute approximate surface area is 171 Å². The van der Waals surface area contributed by atoms with E-state index in [1.807, 2.05) is 24.3 Å². The number of halogens is 1. The molecule has 0 aromatic heterocycles. The van der Waals surface area contributed by atoms with E-state index in [1.54, 1.807) is 25.3 Å². The van der Waals surface area contributed by atoms with Gasteiger partial charge >= 0.3 is 6.03 Å². The van der Waals surface area contributed by atoms with Crippen molar-refractivity contribution >= 4 is 33.8 Å². The SMILES string of the molecule is COc1ccccc1CNC(=O)NCCCN1C(=O)c2ccc(Br)cc2C1=O. The number of fused-ring (bicyclic) bond motifs is 1. The number of hydrogen-bond donors (Lipinski definition) is 2. The van der Waals surface area contributed by atoms with Gasteiger partial charge in [-0.1, -0.05) is 34.1 Å². The fourth-order valence-corrected chi connectivity index (χ4v) is 3.35. The molecule has 0 unspecified atom stereocenters. The topological polar surface area (TPSA) is 87.7 Å². The molecule has 3 rings (SSSR count). The van der Waals surface area contributed by atoms with Crippen LogP contribution in [0.2, 0.25) is 0 Å². The molecule has 8 heteroatoms. The second-order valence-corrected chi connectivity index (χ2v) is 7.14. The molecule has 0 aliphatic carbocycles. The number of urea groups is 1. The highest BCUT2D eigenvalue weighted by molar-refractivity contribution is 9.10. The van der Waals surface area contributed by atoms with Crippen molar-refractivity contribution in [2.45, 2.75) is 13.0 Å². The fraction of sp³-hybridized carbons (Fsp3) is 0.250. The van der Waals surface area contributed by atoms with Crippen molar-refractivity contribution in [1.29, 1.82) is 0 Å². The molecule has 2 aromatic carbocycles. The highest BCUT2D eigenvalue weighted by Crippen LogP contribution is 2.26. The maximum absolute atomic E-state index is 12.4. The van der Waals surface area contributed by atoms with Crippen LogP contribution in [0.5, 0.6) is 5.75 Å². The molecule has 7 nitrogen and oxygen atoms in total. The molecule has 1 heterocycles. The van der Waals surface area contributed by atoms with Gasteiger partial charge in [0, 0.05) is 29.7 Å². The summed E-state index contributed by atoms with van der Waals surface area (Å²) < 4.78 is 6.00. The van der Waals surface area contributed by atoms with Crippen LogP contribution in [0.25, 0.3) is 0 Å². The van der Waals surface area contributed by atoms with Crippen molar-refractivity contribution in [1.82, 2.24) is 15.5 Å². The number of nitrogens with one attached hydrogen (secondary N) is 2. The number of benzene rings is 2. The Morgan fingerprint density at radius 3 is 2.61 bits per heavy atom. The van der Waals surface area contributed by atoms with Gasteiger partial charge in [-0.3, -0.25) is 14.5 Å². The largest absolute Gasteiger partial charge is 0.496 e. The van der Waals surface area contributed by atoms with Gasteiger partial charge in [0.25, 0.3) is 11.8 Å². The van der Waals surface area contributed by atoms with Gasteiger partial charge in [-0.25, -0.2) is 4.79 Å². The highest BCUT2D eigenvalue weighted by atomic mass is 79.9. The molecule has 0 bridgehead atoms. The minimum atomic E-state index is -0.322. The number of rotatable bonds is 7. The quantitative estimate of drug-likeness (QED) is 0.506. The molecular weight excluding hydrogens is 426 g/mol. The van der Waals surface area contributed by atoms with Crippen LogP contribution in [0.1, 0.15) is 32.7 Å². The standard InChI is InChI=1S/C20H20BrN3O4/c1-28-17-6-3-2-5-13(17)12-23-20(27)22-9-4-10-24-18(25)15-8-7-14(21)11-16(15)19(24)26/h2-3,5-8,11H,4,9-10,12H2,1H3,(H2,22,23,27). The van der Waals surface area contributed by atoms with E-state index in [0.717, 1.165) is 10.0 Å². The number of imide groups is 1. The maximum Gasteiger partial charge on any atom is 0.315 e. The Morgan fingerprint density at radius 1 is 1.07 bits per heavy atom. The van der Waals surface area contributed by atoms with Crippen molar-refractivity contribution < 1.29 is 19.1 Å². The Balaban J connectivity index is 1.43. The number of amides is 4. The van der Waals surface area contributed by atoms with Gasteiger partial charge in [0.05, 0.1) is 18.2 Å². The van der Waals surface area contributed by atoms with E-state index in [9.17, 15) is 14.4 Å². The number of carbonyl (C=O) groups is 3. The maximum atomic E-state index is 12.4. The van der Waals surface area contributed by atoms with Crippen LogP contribution in [-0.4, -0.2) is 42.9 Å². The molecule has 0 saturated heterocycles. The Kier molecular flexibility index (Phi) is 6.30. The van der Waals surface area contributed by atoms with Crippen molar-refractivity contribution in [3.05, 3.63) is 63.6 Å². The summed E-state index contributed by atoms with van der Waals surface area (Å²) in [6.45, 7) is 0.925. The molecule has 2 aromatic rings. The summed E-state index contributed by atoms with van der Waals surface area (Å²) in [4.78, 5) is 37.9. The van der Waals surface area contributed by atoms with Crippen LogP contribution in [0.4, 0.5) is 4.79 Å². The van der Waals surface area contributed by atoms with Crippen molar-refractivity contribution in [2.24, 2.45) is 0 Å². The van der Waals surface area contributed by atoms with E-state index in [-0.39, 0.29) is 24.4 Å². The fourth-order valence-electron chi connectivity index (χ4n) is 2.99. The van der Waals surface area contributed by atoms with Crippen LogP contribution in [0, 0.1) is 0 Å². The zero-order valence-electron chi connectivity index (χ0n) is 15.3. The van der Waals surface area contributed by atoms with Crippen LogP contribution in [-0.2, 0) is 6.54 Å². The summed E-state index contributed by atoms with van der Waals surface area (Å²) in [6.07, 6.45) is 0.467. The Morgan fingerprint density at radius 2 is 1.82 bits per heavy atom. The van der Waals surface area contributed by atoms with Gasteiger partial charge in [-0.2, -0.15) is 0 Å². The Hall–Kier alpha value is -2.87. The third-order valence-corrected chi connectivity index (χ3v) is 4.90. The first kappa shape index (κ1) is 19.9. The lowest BCUT2D eigenvalue weighted by atomic mass is 10.1. The third kappa shape index (κ3) is 4.33. The highest BCUT2D eigenvalue weighted by Gasteiger charge is 2.34. The van der Waals surface area contributed by atoms with Crippen LogP contribution in [0.3, 0.4) is 0 Å². The lowest BCUT2D eigenvalue weighted by molar-refractivity contribution is 0.0653. The predicted octanol–water partition coefficient (Wildman–Crippen LogP) is 2.94. The van der Waals surface area contributed by atoms with Gasteiger partial charge in [0.1, 0.15) is 5.75 Å². The summed E-state index contributed by atoms with van der Waals surface area (Å²) in [5.74, 6) is 0.107. The first-order valence-electron chi connectivity index (χ1n) is 8.80. The number of carbonyl (C=O) groups excluding carboxylic acids is 3. The number of hydrogen-bond acceptors (Lipinski definition) is 4. The first-order chi connectivity index (χ1) is 13.5. The molecule has 1 aliphatic heterocycles. The van der Waals surface area contributed by atoms with E-state index < -0.39 is 0 Å². The molecule has 0 radical (unpaired) electrons. The monoisotopic (exact) mass is 445 g/mol. The molecule has 146 valence electrons. The second-order valence-electron chi connectivity index (χ2n) is 6.23. The van der Waals surface area contributed by atoms with Crippen molar-refractivity contribution in [3.8, 4) is 5.75 Å². The average molecular weight is 446 g/mol. The van der Waals surface area contributed by atoms with Gasteiger partial charge in [-0.15, -0.1) is 0 Å². The number of ether oxygens (including phenoxy) is 1. The van der Waals surface area contributed by atoms with Gasteiger partial charge in [-0.05, 0) is 30.7 Å². The zero-order chi connectivity index (χ0) is 20.1. The van der Waals surface area contributed by atoms with Crippen molar-refractivity contribution in [2.75, 3.05) is 20.2 Å². The normalized spacial score (nSPS) is 12.7. The van der Waals surface area contributed by atoms with E-state index >= 15 is 0 Å². The second kappa shape index (κ2) is 8.88. The molecule has 0 atom stereocenters. The van der Waals surface area contributed by atoms with Crippen LogP contribution in [0.15, 0.2) is 46.9 Å². The summed E-state index contributed by atoms with van der Waals surface area (Å²) in [7, 11) is 1.58. The minimum absolute atomic E-state index is 0.247. The lowest BCUT2D eigenvalue weighted by Gasteiger charge is -2.14. The smallest absolute Gasteiger partial charge is 0.315 e. The van der Waals surface area contributed by atoms with E-state index in [4.69, 9.17) is 4.74 Å². The molecular formula is C20H20BrN3O4. The molecule has 28 heavy (non-hydrogen) atoms. The number of para-hydroxylation sites is 1. The predicted molar refractivity (Wildman–Crippen MR) is 107 cm³/mol. The molecule has 0 fully saturated rings. The third-order valence-electron chi connectivity index (χ3n) is 4.41. The Bertz CT molecular complexity index is 916. The van der Waals surface area contributed by atoms with Gasteiger partial charge < -0.3 is 15.4 Å². The summed E-state index contributed by atoms with van der Waals surface area (Å²) in [6, 6.07) is 12.1. The first-order valence-corrected chi connectivity index (χ1v) is 9.60. The molecule has 0 spiro atoms. The minimum Gasteiger partial charge on any atom is -0.496 e. The molecule has 4 amide bonds. The van der Waals surface area contributed by atoms with Gasteiger partial charge in [0.15, 0.2) is 0 Å². The lowest BCUT2D eigenvalue weighted by Crippen LogP contribution is -2.37. The van der Waals surface area contributed by atoms with Crippen LogP contribution < -0.4 is 15.4 Å². The van der Waals surface area contributed by atoms with Crippen molar-refractivity contribution in [3.63, 3.8) is 0 Å². The summed E-state index contributed by atoms with van der Waals surface area (Å²) in [5.41, 5.74) is 1.69. The average Bonchev–Trinajstić information content (AvgIpc) is 2.93. The summed E-state index contributed by atoms with van der Waals surface area (Å²) in [5, 5.41) is 5.48. The van der Waals surface area contributed by atoms with E-state index in [0.29, 0.717) is 36.4 Å². The van der Waals surface area contributed by atoms with E-state index in [1.165, 1.54) is 4.90 Å². The molecule has 1 aliphatic rings. The number of methoxy groups -OCH3 is 1. The van der Waals surface area contributed by atoms with Crippen LogP contribution >= 0.6 is 15.9 Å².